The average molecular weight is 296 g/mol. The zero-order valence-corrected chi connectivity index (χ0v) is 11.9. The molecule has 0 radical (unpaired) electrons. The van der Waals surface area contributed by atoms with Gasteiger partial charge in [0, 0.05) is 18.2 Å². The smallest absolute Gasteiger partial charge is 0.274 e. The van der Waals surface area contributed by atoms with Crippen molar-refractivity contribution in [1.29, 1.82) is 0 Å². The maximum atomic E-state index is 12.4. The number of pyridine rings is 1. The minimum absolute atomic E-state index is 0.0424. The second-order valence-electron chi connectivity index (χ2n) is 4.37. The van der Waals surface area contributed by atoms with Crippen LogP contribution in [0.1, 0.15) is 12.0 Å². The Morgan fingerprint density at radius 1 is 1.29 bits per heavy atom. The standard InChI is InChI=1S/C16H12N2O2S/c19-10-4-3-5-12-8-9-17-15(11-12)18-16(20)13-6-1-2-7-14(13)21-18/h1-2,6-9,11,19H,4,10H2. The number of hydrogen-bond donors (Lipinski definition) is 1. The molecule has 21 heavy (non-hydrogen) atoms. The lowest BCUT2D eigenvalue weighted by Gasteiger charge is -1.99. The van der Waals surface area contributed by atoms with Crippen LogP contribution in [0.3, 0.4) is 0 Å². The summed E-state index contributed by atoms with van der Waals surface area (Å²) in [6, 6.07) is 11.1. The van der Waals surface area contributed by atoms with Crippen molar-refractivity contribution < 1.29 is 5.11 Å². The highest BCUT2D eigenvalue weighted by Crippen LogP contribution is 2.19. The van der Waals surface area contributed by atoms with Crippen molar-refractivity contribution in [3.63, 3.8) is 0 Å². The van der Waals surface area contributed by atoms with Crippen LogP contribution in [-0.4, -0.2) is 20.7 Å². The van der Waals surface area contributed by atoms with Gasteiger partial charge in [0.2, 0.25) is 0 Å². The van der Waals surface area contributed by atoms with Crippen LogP contribution < -0.4 is 5.56 Å². The second-order valence-corrected chi connectivity index (χ2v) is 5.35. The first-order valence-corrected chi connectivity index (χ1v) is 7.24. The normalized spacial score (nSPS) is 10.3. The first kappa shape index (κ1) is 13.6. The van der Waals surface area contributed by atoms with Crippen molar-refractivity contribution in [2.75, 3.05) is 6.61 Å². The molecule has 0 aliphatic heterocycles. The highest BCUT2D eigenvalue weighted by molar-refractivity contribution is 7.14. The fourth-order valence-electron chi connectivity index (χ4n) is 1.95. The van der Waals surface area contributed by atoms with Gasteiger partial charge in [-0.25, -0.2) is 8.94 Å². The first-order chi connectivity index (χ1) is 10.3. The number of nitrogens with zero attached hydrogens (tertiary/aromatic N) is 2. The molecular formula is C16H12N2O2S. The third kappa shape index (κ3) is 2.72. The van der Waals surface area contributed by atoms with E-state index in [9.17, 15) is 4.79 Å². The first-order valence-electron chi connectivity index (χ1n) is 6.47. The lowest BCUT2D eigenvalue weighted by Crippen LogP contribution is -2.12. The van der Waals surface area contributed by atoms with Crippen molar-refractivity contribution >= 4 is 21.6 Å². The summed E-state index contributed by atoms with van der Waals surface area (Å²) in [4.78, 5) is 16.6. The Morgan fingerprint density at radius 3 is 2.95 bits per heavy atom. The van der Waals surface area contributed by atoms with Gasteiger partial charge in [0.05, 0.1) is 16.7 Å². The monoisotopic (exact) mass is 296 g/mol. The third-order valence-electron chi connectivity index (χ3n) is 2.91. The van der Waals surface area contributed by atoms with Gasteiger partial charge in [-0.15, -0.1) is 0 Å². The summed E-state index contributed by atoms with van der Waals surface area (Å²) in [6.07, 6.45) is 2.07. The minimum Gasteiger partial charge on any atom is -0.395 e. The Bertz CT molecular complexity index is 900. The van der Waals surface area contributed by atoms with E-state index in [1.165, 1.54) is 11.5 Å². The molecule has 0 unspecified atom stereocenters. The molecule has 0 amide bonds. The van der Waals surface area contributed by atoms with E-state index in [0.29, 0.717) is 17.6 Å². The van der Waals surface area contributed by atoms with Crippen LogP contribution in [0.5, 0.6) is 0 Å². The Morgan fingerprint density at radius 2 is 2.14 bits per heavy atom. The van der Waals surface area contributed by atoms with Crippen LogP contribution in [0, 0.1) is 11.8 Å². The summed E-state index contributed by atoms with van der Waals surface area (Å²) in [5, 5.41) is 9.43. The third-order valence-corrected chi connectivity index (χ3v) is 4.00. The minimum atomic E-state index is -0.0661. The molecular weight excluding hydrogens is 284 g/mol. The molecule has 4 nitrogen and oxygen atoms in total. The molecule has 2 aromatic heterocycles. The van der Waals surface area contributed by atoms with Crippen molar-refractivity contribution in [1.82, 2.24) is 8.94 Å². The van der Waals surface area contributed by atoms with Gasteiger partial charge in [-0.1, -0.05) is 24.0 Å². The van der Waals surface area contributed by atoms with Gasteiger partial charge < -0.3 is 5.11 Å². The van der Waals surface area contributed by atoms with Crippen LogP contribution in [0.25, 0.3) is 15.9 Å². The number of rotatable bonds is 2. The summed E-state index contributed by atoms with van der Waals surface area (Å²) >= 11 is 1.37. The molecule has 0 atom stereocenters. The summed E-state index contributed by atoms with van der Waals surface area (Å²) in [5.74, 6) is 6.37. The zero-order chi connectivity index (χ0) is 14.7. The molecule has 1 N–H and O–H groups in total. The fourth-order valence-corrected chi connectivity index (χ4v) is 2.92. The predicted molar refractivity (Wildman–Crippen MR) is 83.8 cm³/mol. The van der Waals surface area contributed by atoms with E-state index < -0.39 is 0 Å². The lowest BCUT2D eigenvalue weighted by atomic mass is 10.2. The van der Waals surface area contributed by atoms with E-state index in [1.54, 1.807) is 22.3 Å². The molecule has 0 aliphatic rings. The summed E-state index contributed by atoms with van der Waals surface area (Å²) < 4.78 is 2.50. The van der Waals surface area contributed by atoms with Crippen LogP contribution in [0.15, 0.2) is 47.4 Å². The topological polar surface area (TPSA) is 55.1 Å². The van der Waals surface area contributed by atoms with E-state index in [2.05, 4.69) is 16.8 Å². The molecule has 0 fully saturated rings. The number of benzene rings is 1. The zero-order valence-electron chi connectivity index (χ0n) is 11.1. The molecule has 5 heteroatoms. The van der Waals surface area contributed by atoms with Gasteiger partial charge in [0.15, 0.2) is 5.82 Å². The highest BCUT2D eigenvalue weighted by Gasteiger charge is 2.09. The van der Waals surface area contributed by atoms with E-state index in [1.807, 2.05) is 24.3 Å². The Balaban J connectivity index is 2.07. The van der Waals surface area contributed by atoms with Crippen molar-refractivity contribution in [3.8, 4) is 17.7 Å². The molecule has 0 saturated heterocycles. The maximum absolute atomic E-state index is 12.4. The largest absolute Gasteiger partial charge is 0.395 e. The molecule has 1 aromatic carbocycles. The van der Waals surface area contributed by atoms with Gasteiger partial charge in [0.25, 0.3) is 5.56 Å². The number of aliphatic hydroxyl groups excluding tert-OH is 1. The Kier molecular flexibility index (Phi) is 3.82. The SMILES string of the molecule is O=c1c2ccccc2sn1-c1cc(C#CCCO)ccn1. The fraction of sp³-hybridized carbons (Fsp3) is 0.125. The summed E-state index contributed by atoms with van der Waals surface area (Å²) in [5.41, 5.74) is 0.710. The molecule has 0 spiro atoms. The predicted octanol–water partition coefficient (Wildman–Crippen LogP) is 2.18. The Labute approximate surface area is 125 Å². The number of hydrogen-bond acceptors (Lipinski definition) is 4. The number of fused-ring (bicyclic) bond motifs is 1. The van der Waals surface area contributed by atoms with Gasteiger partial charge >= 0.3 is 0 Å². The van der Waals surface area contributed by atoms with Crippen LogP contribution >= 0.6 is 11.5 Å². The number of aromatic nitrogens is 2. The van der Waals surface area contributed by atoms with Gasteiger partial charge in [0.1, 0.15) is 0 Å². The molecule has 0 aliphatic carbocycles. The molecule has 2 heterocycles. The van der Waals surface area contributed by atoms with E-state index in [-0.39, 0.29) is 12.2 Å². The van der Waals surface area contributed by atoms with Crippen molar-refractivity contribution in [3.05, 3.63) is 58.5 Å². The van der Waals surface area contributed by atoms with E-state index in [4.69, 9.17) is 5.11 Å². The number of aliphatic hydroxyl groups is 1. The molecule has 0 saturated carbocycles. The van der Waals surface area contributed by atoms with E-state index >= 15 is 0 Å². The molecule has 3 rings (SSSR count). The molecule has 104 valence electrons. The van der Waals surface area contributed by atoms with Gasteiger partial charge in [-0.05, 0) is 35.8 Å². The lowest BCUT2D eigenvalue weighted by molar-refractivity contribution is 0.305. The Hall–Kier alpha value is -2.42. The van der Waals surface area contributed by atoms with Crippen LogP contribution in [0.2, 0.25) is 0 Å². The maximum Gasteiger partial charge on any atom is 0.274 e. The second kappa shape index (κ2) is 5.92. The van der Waals surface area contributed by atoms with Crippen LogP contribution in [0.4, 0.5) is 0 Å². The molecule has 0 bridgehead atoms. The van der Waals surface area contributed by atoms with Gasteiger partial charge in [-0.2, -0.15) is 0 Å². The highest BCUT2D eigenvalue weighted by atomic mass is 32.1. The van der Waals surface area contributed by atoms with Crippen molar-refractivity contribution in [2.24, 2.45) is 0 Å². The quantitative estimate of drug-likeness (QED) is 0.737. The summed E-state index contributed by atoms with van der Waals surface area (Å²) in [7, 11) is 0. The molecule has 3 aromatic rings. The average Bonchev–Trinajstić information content (AvgIpc) is 2.86. The summed E-state index contributed by atoms with van der Waals surface area (Å²) in [6.45, 7) is 0.0424. The van der Waals surface area contributed by atoms with Gasteiger partial charge in [-0.3, -0.25) is 4.79 Å². The van der Waals surface area contributed by atoms with Crippen LogP contribution in [-0.2, 0) is 0 Å². The van der Waals surface area contributed by atoms with E-state index in [0.717, 1.165) is 10.3 Å². The van der Waals surface area contributed by atoms with Crippen molar-refractivity contribution in [2.45, 2.75) is 6.42 Å².